The van der Waals surface area contributed by atoms with Crippen molar-refractivity contribution in [2.75, 3.05) is 33.0 Å². The van der Waals surface area contributed by atoms with Gasteiger partial charge in [0.05, 0.1) is 12.6 Å². The first-order valence-corrected chi connectivity index (χ1v) is 8.04. The van der Waals surface area contributed by atoms with Crippen molar-refractivity contribution in [2.45, 2.75) is 23.6 Å². The topological polar surface area (TPSA) is 41.6 Å². The average molecular weight is 294 g/mol. The molecule has 2 rings (SSSR count). The third kappa shape index (κ3) is 2.91. The zero-order valence-corrected chi connectivity index (χ0v) is 13.1. The van der Waals surface area contributed by atoms with E-state index < -0.39 is 5.72 Å². The van der Waals surface area contributed by atoms with Crippen molar-refractivity contribution >= 4 is 18.0 Å². The Morgan fingerprint density at radius 1 is 1.45 bits per heavy atom. The van der Waals surface area contributed by atoms with Crippen LogP contribution in [0.25, 0.3) is 0 Å². The first kappa shape index (κ1) is 15.5. The van der Waals surface area contributed by atoms with E-state index in [0.717, 1.165) is 18.4 Å². The van der Waals surface area contributed by atoms with Crippen LogP contribution in [0.15, 0.2) is 29.2 Å². The van der Waals surface area contributed by atoms with Crippen molar-refractivity contribution in [1.29, 1.82) is 0 Å². The molecular formula is C15H22N2O2S. The van der Waals surface area contributed by atoms with Crippen molar-refractivity contribution in [3.63, 3.8) is 0 Å². The third-order valence-corrected chi connectivity index (χ3v) is 4.65. The molecule has 1 aromatic carbocycles. The monoisotopic (exact) mass is 294 g/mol. The number of likely N-dealkylation sites (N-methyl/N-ethyl adjacent to an activating group) is 1. The van der Waals surface area contributed by atoms with Crippen LogP contribution in [0.1, 0.15) is 12.5 Å². The first-order valence-electron chi connectivity index (χ1n) is 6.81. The molecule has 2 unspecified atom stereocenters. The highest BCUT2D eigenvalue weighted by Crippen LogP contribution is 2.32. The number of nitrogens with zero attached hydrogens (tertiary/aromatic N) is 1. The fraction of sp³-hybridized carbons (Fsp3) is 0.533. The maximum atomic E-state index is 11.1. The Labute approximate surface area is 124 Å². The molecule has 0 aromatic heterocycles. The number of thioether (sulfide) groups is 1. The molecule has 0 bridgehead atoms. The normalized spacial score (nSPS) is 24.6. The number of nitrogens with one attached hydrogen (secondary N) is 1. The van der Waals surface area contributed by atoms with Crippen LogP contribution in [0.5, 0.6) is 0 Å². The summed E-state index contributed by atoms with van der Waals surface area (Å²) in [6.45, 7) is 4.05. The fourth-order valence-electron chi connectivity index (χ4n) is 2.49. The van der Waals surface area contributed by atoms with Gasteiger partial charge in [0.2, 0.25) is 0 Å². The number of rotatable bonds is 5. The van der Waals surface area contributed by atoms with Crippen LogP contribution in [0.2, 0.25) is 0 Å². The minimum Gasteiger partial charge on any atom is -0.353 e. The van der Waals surface area contributed by atoms with Crippen LogP contribution in [0, 0.1) is 0 Å². The van der Waals surface area contributed by atoms with Gasteiger partial charge in [0.25, 0.3) is 0 Å². The average Bonchev–Trinajstić information content (AvgIpc) is 2.54. The molecule has 1 N–H and O–H groups in total. The summed E-state index contributed by atoms with van der Waals surface area (Å²) >= 11 is 1.72. The minimum atomic E-state index is -0.574. The van der Waals surface area contributed by atoms with Gasteiger partial charge in [-0.1, -0.05) is 12.1 Å². The van der Waals surface area contributed by atoms with Crippen molar-refractivity contribution in [1.82, 2.24) is 10.2 Å². The van der Waals surface area contributed by atoms with Crippen molar-refractivity contribution in [2.24, 2.45) is 0 Å². The third-order valence-electron chi connectivity index (χ3n) is 3.90. The molecule has 1 fully saturated rings. The van der Waals surface area contributed by atoms with Gasteiger partial charge in [-0.05, 0) is 32.4 Å². The van der Waals surface area contributed by atoms with Gasteiger partial charge < -0.3 is 14.8 Å². The Morgan fingerprint density at radius 3 is 2.65 bits per heavy atom. The predicted molar refractivity (Wildman–Crippen MR) is 82.0 cm³/mol. The molecule has 2 atom stereocenters. The molecule has 1 aliphatic rings. The SMILES string of the molecule is CSc1ccc(C2(N(C)C(C)C=O)CNCCO2)cc1. The Bertz CT molecular complexity index is 444. The van der Waals surface area contributed by atoms with E-state index in [1.54, 1.807) is 11.8 Å². The van der Waals surface area contributed by atoms with E-state index in [0.29, 0.717) is 13.2 Å². The largest absolute Gasteiger partial charge is 0.353 e. The van der Waals surface area contributed by atoms with Gasteiger partial charge in [0, 0.05) is 23.5 Å². The second-order valence-electron chi connectivity index (χ2n) is 5.03. The fourth-order valence-corrected chi connectivity index (χ4v) is 2.90. The van der Waals surface area contributed by atoms with Crippen LogP contribution in [-0.4, -0.2) is 50.2 Å². The number of ether oxygens (including phenoxy) is 1. The summed E-state index contributed by atoms with van der Waals surface area (Å²) in [5.74, 6) is 0. The standard InChI is InChI=1S/C15H22N2O2S/c1-12(10-18)17(2)15(11-16-8-9-19-15)13-4-6-14(20-3)7-5-13/h4-7,10,12,16H,8-9,11H2,1-3H3. The molecule has 1 aromatic rings. The zero-order chi connectivity index (χ0) is 14.6. The maximum absolute atomic E-state index is 11.1. The van der Waals surface area contributed by atoms with Gasteiger partial charge in [0.15, 0.2) is 5.72 Å². The summed E-state index contributed by atoms with van der Waals surface area (Å²) < 4.78 is 6.11. The minimum absolute atomic E-state index is 0.199. The summed E-state index contributed by atoms with van der Waals surface area (Å²) in [5, 5.41) is 3.37. The zero-order valence-electron chi connectivity index (χ0n) is 12.3. The Hall–Kier alpha value is -0.880. The number of aldehydes is 1. The molecule has 0 saturated carbocycles. The maximum Gasteiger partial charge on any atom is 0.160 e. The number of carbonyl (C=O) groups is 1. The van der Waals surface area contributed by atoms with E-state index in [4.69, 9.17) is 4.74 Å². The lowest BCUT2D eigenvalue weighted by Crippen LogP contribution is -2.59. The molecule has 5 heteroatoms. The number of benzene rings is 1. The van der Waals surface area contributed by atoms with E-state index in [-0.39, 0.29) is 6.04 Å². The summed E-state index contributed by atoms with van der Waals surface area (Å²) in [5.41, 5.74) is 0.508. The van der Waals surface area contributed by atoms with Crippen LogP contribution >= 0.6 is 11.8 Å². The van der Waals surface area contributed by atoms with Crippen molar-refractivity contribution in [3.05, 3.63) is 29.8 Å². The van der Waals surface area contributed by atoms with Crippen LogP contribution < -0.4 is 5.32 Å². The molecule has 0 amide bonds. The van der Waals surface area contributed by atoms with Gasteiger partial charge in [0.1, 0.15) is 6.29 Å². The van der Waals surface area contributed by atoms with E-state index in [1.807, 2.05) is 18.9 Å². The Balaban J connectivity index is 2.37. The second kappa shape index (κ2) is 6.72. The molecule has 0 radical (unpaired) electrons. The molecule has 0 spiro atoms. The number of morpholine rings is 1. The molecule has 1 saturated heterocycles. The van der Waals surface area contributed by atoms with Gasteiger partial charge in [-0.15, -0.1) is 11.8 Å². The number of hydrogen-bond acceptors (Lipinski definition) is 5. The summed E-state index contributed by atoms with van der Waals surface area (Å²) in [6, 6.07) is 8.17. The lowest BCUT2D eigenvalue weighted by Gasteiger charge is -2.46. The summed E-state index contributed by atoms with van der Waals surface area (Å²) in [4.78, 5) is 14.4. The number of hydrogen-bond donors (Lipinski definition) is 1. The van der Waals surface area contributed by atoms with E-state index >= 15 is 0 Å². The van der Waals surface area contributed by atoms with Crippen LogP contribution in [0.4, 0.5) is 0 Å². The van der Waals surface area contributed by atoms with E-state index in [1.165, 1.54) is 4.90 Å². The van der Waals surface area contributed by atoms with Gasteiger partial charge in [-0.2, -0.15) is 0 Å². The first-order chi connectivity index (χ1) is 9.64. The van der Waals surface area contributed by atoms with Gasteiger partial charge in [-0.3, -0.25) is 4.90 Å². The molecule has 1 heterocycles. The van der Waals surface area contributed by atoms with Crippen molar-refractivity contribution in [3.8, 4) is 0 Å². The summed E-state index contributed by atoms with van der Waals surface area (Å²) in [6.07, 6.45) is 3.01. The number of carbonyl (C=O) groups excluding carboxylic acids is 1. The van der Waals surface area contributed by atoms with Crippen LogP contribution in [-0.2, 0) is 15.3 Å². The van der Waals surface area contributed by atoms with Crippen LogP contribution in [0.3, 0.4) is 0 Å². The van der Waals surface area contributed by atoms with E-state index in [9.17, 15) is 4.79 Å². The predicted octanol–water partition coefficient (Wildman–Crippen LogP) is 1.70. The Morgan fingerprint density at radius 2 is 2.15 bits per heavy atom. The smallest absolute Gasteiger partial charge is 0.160 e. The molecular weight excluding hydrogens is 272 g/mol. The lowest BCUT2D eigenvalue weighted by molar-refractivity contribution is -0.180. The highest BCUT2D eigenvalue weighted by Gasteiger charge is 2.41. The van der Waals surface area contributed by atoms with Gasteiger partial charge >= 0.3 is 0 Å². The summed E-state index contributed by atoms with van der Waals surface area (Å²) in [7, 11) is 1.94. The van der Waals surface area contributed by atoms with Crippen molar-refractivity contribution < 1.29 is 9.53 Å². The highest BCUT2D eigenvalue weighted by molar-refractivity contribution is 7.98. The second-order valence-corrected chi connectivity index (χ2v) is 5.91. The molecule has 1 aliphatic heterocycles. The lowest BCUT2D eigenvalue weighted by atomic mass is 9.98. The quantitative estimate of drug-likeness (QED) is 0.661. The van der Waals surface area contributed by atoms with Gasteiger partial charge in [-0.25, -0.2) is 0 Å². The Kier molecular flexibility index (Phi) is 5.21. The molecule has 110 valence electrons. The molecule has 0 aliphatic carbocycles. The van der Waals surface area contributed by atoms with E-state index in [2.05, 4.69) is 35.8 Å². The molecule has 20 heavy (non-hydrogen) atoms. The molecule has 4 nitrogen and oxygen atoms in total. The highest BCUT2D eigenvalue weighted by atomic mass is 32.2.